The highest BCUT2D eigenvalue weighted by Gasteiger charge is 2.32. The molecule has 0 aliphatic carbocycles. The summed E-state index contributed by atoms with van der Waals surface area (Å²) < 4.78 is 19.4. The number of benzene rings is 1. The van der Waals surface area contributed by atoms with Crippen LogP contribution < -0.4 is 20.5 Å². The fourth-order valence-electron chi connectivity index (χ4n) is 5.08. The first-order valence-electron chi connectivity index (χ1n) is 13.3. The van der Waals surface area contributed by atoms with Crippen molar-refractivity contribution in [3.05, 3.63) is 22.9 Å². The number of amides is 1. The van der Waals surface area contributed by atoms with Gasteiger partial charge in [-0.1, -0.05) is 11.8 Å². The molecule has 0 spiro atoms. The minimum atomic E-state index is -0.762. The number of halogens is 1. The topological polar surface area (TPSA) is 147 Å². The van der Waals surface area contributed by atoms with Gasteiger partial charge in [0.1, 0.15) is 6.33 Å². The second-order valence-corrected chi connectivity index (χ2v) is 12.1. The molecule has 0 unspecified atom stereocenters. The lowest BCUT2D eigenvalue weighted by atomic mass is 9.93. The Balaban J connectivity index is 1.11. The predicted octanol–water partition coefficient (Wildman–Crippen LogP) is 2.83. The molecule has 2 fully saturated rings. The Morgan fingerprint density at radius 1 is 1.23 bits per heavy atom. The van der Waals surface area contributed by atoms with Crippen LogP contribution in [0.2, 0.25) is 0 Å². The number of fused-ring (bicyclic) bond motifs is 2. The van der Waals surface area contributed by atoms with Gasteiger partial charge in [-0.3, -0.25) is 9.59 Å². The molecule has 5 heterocycles. The van der Waals surface area contributed by atoms with Crippen LogP contribution in [0.3, 0.4) is 0 Å². The van der Waals surface area contributed by atoms with Crippen molar-refractivity contribution >= 4 is 56.6 Å². The third-order valence-corrected chi connectivity index (χ3v) is 9.57. The van der Waals surface area contributed by atoms with E-state index < -0.39 is 6.10 Å². The Hall–Kier alpha value is -3.10. The number of nitrogens with two attached hydrogens (primary N) is 1. The van der Waals surface area contributed by atoms with Crippen LogP contribution in [0.5, 0.6) is 11.5 Å². The number of ether oxygens (including phenoxy) is 3. The fourth-order valence-corrected chi connectivity index (χ4v) is 6.58. The normalized spacial score (nSPS) is 18.1. The summed E-state index contributed by atoms with van der Waals surface area (Å²) in [5.74, 6) is 1.59. The number of nitrogens with one attached hydrogen (secondary N) is 1. The summed E-state index contributed by atoms with van der Waals surface area (Å²) in [6, 6.07) is 3.83. The van der Waals surface area contributed by atoms with E-state index in [1.165, 1.54) is 18.1 Å². The molecule has 3 N–H and O–H groups in total. The van der Waals surface area contributed by atoms with Crippen LogP contribution in [-0.4, -0.2) is 75.4 Å². The zero-order chi connectivity index (χ0) is 27.8. The number of aromatic nitrogens is 4. The Kier molecular flexibility index (Phi) is 7.73. The van der Waals surface area contributed by atoms with Crippen molar-refractivity contribution in [2.24, 2.45) is 11.8 Å². The second kappa shape index (κ2) is 11.4. The molecule has 6 rings (SSSR count). The van der Waals surface area contributed by atoms with Crippen molar-refractivity contribution in [2.75, 3.05) is 38.7 Å². The third-order valence-electron chi connectivity index (χ3n) is 7.60. The van der Waals surface area contributed by atoms with E-state index in [0.717, 1.165) is 33.8 Å². The molecular formula is C26H30BrN7O5S. The predicted molar refractivity (Wildman–Crippen MR) is 150 cm³/mol. The summed E-state index contributed by atoms with van der Waals surface area (Å²) in [7, 11) is 0. The molecule has 0 saturated carbocycles. The number of hydrogen-bond donors (Lipinski definition) is 2. The van der Waals surface area contributed by atoms with Gasteiger partial charge in [-0.05, 0) is 60.2 Å². The Labute approximate surface area is 243 Å². The number of nitrogens with zero attached hydrogens (tertiary/aromatic N) is 5. The molecule has 2 saturated heterocycles. The van der Waals surface area contributed by atoms with Gasteiger partial charge >= 0.3 is 5.97 Å². The van der Waals surface area contributed by atoms with Crippen LogP contribution >= 0.6 is 27.7 Å². The number of piperidine rings is 1. The van der Waals surface area contributed by atoms with Gasteiger partial charge in [0.15, 0.2) is 39.7 Å². The van der Waals surface area contributed by atoms with Crippen LogP contribution in [0, 0.1) is 11.8 Å². The first-order chi connectivity index (χ1) is 19.4. The molecule has 3 aliphatic rings. The number of likely N-dealkylation sites (tertiary alicyclic amines) is 1. The smallest absolute Gasteiger partial charge is 0.312 e. The Morgan fingerprint density at radius 2 is 1.98 bits per heavy atom. The van der Waals surface area contributed by atoms with Crippen LogP contribution in [0.25, 0.3) is 11.2 Å². The molecule has 14 heteroatoms. The molecule has 12 nitrogen and oxygen atoms in total. The van der Waals surface area contributed by atoms with Gasteiger partial charge < -0.3 is 34.7 Å². The fraction of sp³-hybridized carbons (Fsp3) is 0.500. The summed E-state index contributed by atoms with van der Waals surface area (Å²) in [5, 5.41) is 3.80. The molecule has 212 valence electrons. The van der Waals surface area contributed by atoms with Crippen molar-refractivity contribution in [1.82, 2.24) is 29.7 Å². The van der Waals surface area contributed by atoms with Gasteiger partial charge in [-0.2, -0.15) is 0 Å². The number of rotatable bonds is 8. The summed E-state index contributed by atoms with van der Waals surface area (Å²) in [5.41, 5.74) is 7.41. The molecule has 1 amide bonds. The minimum absolute atomic E-state index is 0.125. The molecule has 0 bridgehead atoms. The number of aryl methyl sites for hydroxylation is 1. The number of hydrogen-bond acceptors (Lipinski definition) is 11. The maximum absolute atomic E-state index is 12.9. The highest BCUT2D eigenvalue weighted by atomic mass is 79.9. The van der Waals surface area contributed by atoms with E-state index in [9.17, 15) is 9.59 Å². The minimum Gasteiger partial charge on any atom is -0.454 e. The van der Waals surface area contributed by atoms with Crippen molar-refractivity contribution in [1.29, 1.82) is 0 Å². The lowest BCUT2D eigenvalue weighted by Gasteiger charge is -2.34. The van der Waals surface area contributed by atoms with Crippen molar-refractivity contribution < 1.29 is 23.8 Å². The van der Waals surface area contributed by atoms with E-state index in [-0.39, 0.29) is 24.6 Å². The zero-order valence-corrected chi connectivity index (χ0v) is 24.4. The van der Waals surface area contributed by atoms with Crippen LogP contribution in [0.1, 0.15) is 26.2 Å². The van der Waals surface area contributed by atoms with Gasteiger partial charge in [-0.15, -0.1) is 0 Å². The molecule has 3 aliphatic heterocycles. The van der Waals surface area contributed by atoms with Gasteiger partial charge in [0.25, 0.3) is 5.91 Å². The number of imidazole rings is 1. The van der Waals surface area contributed by atoms with Gasteiger partial charge in [0, 0.05) is 42.1 Å². The first-order valence-corrected chi connectivity index (χ1v) is 14.9. The molecule has 2 aromatic heterocycles. The van der Waals surface area contributed by atoms with Gasteiger partial charge in [0.05, 0.1) is 5.92 Å². The average Bonchev–Trinajstić information content (AvgIpc) is 3.51. The van der Waals surface area contributed by atoms with Crippen LogP contribution in [0.4, 0.5) is 5.82 Å². The zero-order valence-electron chi connectivity index (χ0n) is 22.0. The van der Waals surface area contributed by atoms with Crippen LogP contribution in [0.15, 0.2) is 33.0 Å². The molecule has 40 heavy (non-hydrogen) atoms. The van der Waals surface area contributed by atoms with E-state index in [2.05, 4.69) is 35.8 Å². The quantitative estimate of drug-likeness (QED) is 0.354. The van der Waals surface area contributed by atoms with E-state index in [1.54, 1.807) is 6.92 Å². The SMILES string of the molecule is C[C@H](OC(=O)C1CNC1)C(=O)N1CCC(CCn2c(Sc3cc4c(cc3Br)OCO4)nc3c(N)ncnc32)CC1. The summed E-state index contributed by atoms with van der Waals surface area (Å²) in [6.07, 6.45) is 3.34. The maximum atomic E-state index is 12.9. The third kappa shape index (κ3) is 5.44. The van der Waals surface area contributed by atoms with E-state index in [1.807, 2.05) is 17.0 Å². The standard InChI is InChI=1S/C26H30BrN7O5S/c1-14(39-25(36)16-10-29-11-16)24(35)33-5-2-15(3-6-33)4-7-34-23-21(22(28)30-12-31-23)32-26(34)40-20-9-19-18(8-17(20)27)37-13-38-19/h8-9,12,14-16,29H,2-7,10-11,13H2,1H3,(H2,28,30,31)/t14-/m0/s1. The molecular weight excluding hydrogens is 602 g/mol. The van der Waals surface area contributed by atoms with Gasteiger partial charge in [0.2, 0.25) is 6.79 Å². The number of carbonyl (C=O) groups is 2. The summed E-state index contributed by atoms with van der Waals surface area (Å²) in [6.45, 7) is 5.07. The highest BCUT2D eigenvalue weighted by Crippen LogP contribution is 2.43. The van der Waals surface area contributed by atoms with E-state index in [4.69, 9.17) is 24.9 Å². The largest absolute Gasteiger partial charge is 0.454 e. The van der Waals surface area contributed by atoms with E-state index in [0.29, 0.717) is 67.1 Å². The molecule has 3 aromatic rings. The Morgan fingerprint density at radius 3 is 2.70 bits per heavy atom. The monoisotopic (exact) mass is 631 g/mol. The van der Waals surface area contributed by atoms with E-state index >= 15 is 0 Å². The second-order valence-electron chi connectivity index (χ2n) is 10.2. The Bertz CT molecular complexity index is 1440. The number of nitrogen functional groups attached to an aromatic ring is 1. The summed E-state index contributed by atoms with van der Waals surface area (Å²) >= 11 is 5.13. The van der Waals surface area contributed by atoms with Crippen LogP contribution in [-0.2, 0) is 20.9 Å². The van der Waals surface area contributed by atoms with Crippen molar-refractivity contribution in [3.63, 3.8) is 0 Å². The summed E-state index contributed by atoms with van der Waals surface area (Å²) in [4.78, 5) is 41.2. The number of anilines is 1. The lowest BCUT2D eigenvalue weighted by Crippen LogP contribution is -2.50. The molecule has 0 radical (unpaired) electrons. The lowest BCUT2D eigenvalue weighted by molar-refractivity contribution is -0.164. The van der Waals surface area contributed by atoms with Crippen molar-refractivity contribution in [2.45, 2.75) is 48.9 Å². The molecule has 1 aromatic carbocycles. The van der Waals surface area contributed by atoms with Crippen molar-refractivity contribution in [3.8, 4) is 11.5 Å². The first kappa shape index (κ1) is 27.1. The number of carbonyl (C=O) groups excluding carboxylic acids is 2. The van der Waals surface area contributed by atoms with Gasteiger partial charge in [-0.25, -0.2) is 15.0 Å². The average molecular weight is 633 g/mol. The highest BCUT2D eigenvalue weighted by molar-refractivity contribution is 9.10. The maximum Gasteiger partial charge on any atom is 0.312 e. The number of esters is 1. The molecule has 1 atom stereocenters.